The molecule has 12 heavy (non-hydrogen) atoms. The van der Waals surface area contributed by atoms with Crippen molar-refractivity contribution in [2.45, 2.75) is 25.3 Å². The fourth-order valence-corrected chi connectivity index (χ4v) is 2.70. The van der Waals surface area contributed by atoms with Gasteiger partial charge in [0.1, 0.15) is 0 Å². The van der Waals surface area contributed by atoms with Crippen LogP contribution in [0, 0.1) is 17.8 Å². The maximum absolute atomic E-state index is 10.7. The summed E-state index contributed by atoms with van der Waals surface area (Å²) in [6.45, 7) is 0. The molecule has 0 spiro atoms. The first kappa shape index (κ1) is 9.48. The molecule has 2 fully saturated rings. The van der Waals surface area contributed by atoms with Crippen molar-refractivity contribution in [3.63, 3.8) is 0 Å². The van der Waals surface area contributed by atoms with Gasteiger partial charge in [-0.15, -0.1) is 0 Å². The fraction of sp³-hybridized carbons (Fsp3) is 0.875. The molecule has 5 N–H and O–H groups in total. The summed E-state index contributed by atoms with van der Waals surface area (Å²) >= 11 is 0. The van der Waals surface area contributed by atoms with Crippen LogP contribution < -0.4 is 5.73 Å². The highest BCUT2D eigenvalue weighted by atomic mass is 16.4. The predicted octanol–water partition coefficient (Wildman–Crippen LogP) is -0.380. The summed E-state index contributed by atoms with van der Waals surface area (Å²) in [5.74, 6) is -0.0490. The van der Waals surface area contributed by atoms with Gasteiger partial charge in [0.05, 0.1) is 5.92 Å². The molecule has 0 saturated heterocycles. The Kier molecular flexibility index (Phi) is 2.39. The molecule has 2 bridgehead atoms. The number of carbonyl (C=O) groups is 1. The van der Waals surface area contributed by atoms with Crippen LogP contribution in [-0.4, -0.2) is 22.6 Å². The molecule has 2 saturated carbocycles. The Hall–Kier alpha value is -0.610. The molecule has 4 atom stereocenters. The molecule has 2 rings (SSSR count). The summed E-state index contributed by atoms with van der Waals surface area (Å²) in [6, 6.07) is -0.0637. The monoisotopic (exact) mass is 173 g/mol. The van der Waals surface area contributed by atoms with E-state index in [-0.39, 0.29) is 17.4 Å². The van der Waals surface area contributed by atoms with Gasteiger partial charge in [0.15, 0.2) is 0 Å². The van der Waals surface area contributed by atoms with Gasteiger partial charge >= 0.3 is 5.97 Å². The largest absolute Gasteiger partial charge is 0.481 e. The Morgan fingerprint density at radius 1 is 1.33 bits per heavy atom. The molecule has 4 heteroatoms. The fourth-order valence-electron chi connectivity index (χ4n) is 2.70. The number of hydrogen-bond donors (Lipinski definition) is 2. The van der Waals surface area contributed by atoms with E-state index >= 15 is 0 Å². The molecule has 70 valence electrons. The summed E-state index contributed by atoms with van der Waals surface area (Å²) in [5.41, 5.74) is 5.78. The van der Waals surface area contributed by atoms with Crippen LogP contribution in [0.15, 0.2) is 0 Å². The third-order valence-electron chi connectivity index (χ3n) is 3.27. The lowest BCUT2D eigenvalue weighted by atomic mass is 9.85. The SMILES string of the molecule is N[C@H]1[C@H]2CC[C@H](C2)[C@H]1C(=O)O.O. The van der Waals surface area contributed by atoms with Gasteiger partial charge in [0.2, 0.25) is 0 Å². The van der Waals surface area contributed by atoms with Crippen molar-refractivity contribution in [2.24, 2.45) is 23.5 Å². The molecule has 0 unspecified atom stereocenters. The van der Waals surface area contributed by atoms with Gasteiger partial charge in [-0.05, 0) is 31.1 Å². The molecule has 0 radical (unpaired) electrons. The lowest BCUT2D eigenvalue weighted by Crippen LogP contribution is -2.40. The van der Waals surface area contributed by atoms with Crippen LogP contribution in [0.4, 0.5) is 0 Å². The van der Waals surface area contributed by atoms with E-state index in [0.717, 1.165) is 19.3 Å². The molecule has 2 aliphatic carbocycles. The molecule has 0 amide bonds. The first-order valence-corrected chi connectivity index (χ1v) is 4.18. The zero-order valence-corrected chi connectivity index (χ0v) is 6.86. The zero-order chi connectivity index (χ0) is 8.01. The highest BCUT2D eigenvalue weighted by Gasteiger charge is 2.49. The Bertz CT molecular complexity index is 193. The van der Waals surface area contributed by atoms with E-state index in [2.05, 4.69) is 0 Å². The number of fused-ring (bicyclic) bond motifs is 2. The maximum atomic E-state index is 10.7. The first-order valence-electron chi connectivity index (χ1n) is 4.18. The summed E-state index contributed by atoms with van der Waals surface area (Å²) in [5, 5.41) is 8.83. The molecule has 0 aromatic carbocycles. The number of rotatable bonds is 1. The highest BCUT2D eigenvalue weighted by molar-refractivity contribution is 5.72. The summed E-state index contributed by atoms with van der Waals surface area (Å²) in [7, 11) is 0. The second-order valence-corrected chi connectivity index (χ2v) is 3.77. The summed E-state index contributed by atoms with van der Waals surface area (Å²) < 4.78 is 0. The van der Waals surface area contributed by atoms with Crippen molar-refractivity contribution in [3.05, 3.63) is 0 Å². The molecule has 4 nitrogen and oxygen atoms in total. The number of nitrogens with two attached hydrogens (primary N) is 1. The van der Waals surface area contributed by atoms with Crippen molar-refractivity contribution in [2.75, 3.05) is 0 Å². The standard InChI is InChI=1S/C8H13NO2.H2O/c9-7-5-2-1-4(3-5)6(7)8(10)11;/h4-7H,1-3,9H2,(H,10,11);1H2/t4-,5+,6-,7+;/m1./s1. The third-order valence-corrected chi connectivity index (χ3v) is 3.27. The van der Waals surface area contributed by atoms with E-state index in [0.29, 0.717) is 11.8 Å². The Morgan fingerprint density at radius 2 is 1.92 bits per heavy atom. The Morgan fingerprint density at radius 3 is 2.25 bits per heavy atom. The van der Waals surface area contributed by atoms with Crippen molar-refractivity contribution >= 4 is 5.97 Å². The van der Waals surface area contributed by atoms with Crippen molar-refractivity contribution in [3.8, 4) is 0 Å². The van der Waals surface area contributed by atoms with E-state index in [4.69, 9.17) is 10.8 Å². The normalized spacial score (nSPS) is 44.1. The van der Waals surface area contributed by atoms with E-state index in [1.165, 1.54) is 0 Å². The van der Waals surface area contributed by atoms with Gasteiger partial charge in [-0.25, -0.2) is 0 Å². The molecule has 2 aliphatic rings. The second kappa shape index (κ2) is 3.03. The van der Waals surface area contributed by atoms with Gasteiger partial charge in [-0.3, -0.25) is 4.79 Å². The van der Waals surface area contributed by atoms with Crippen molar-refractivity contribution in [1.82, 2.24) is 0 Å². The highest BCUT2D eigenvalue weighted by Crippen LogP contribution is 2.47. The molecule has 0 aliphatic heterocycles. The van der Waals surface area contributed by atoms with Crippen LogP contribution >= 0.6 is 0 Å². The minimum Gasteiger partial charge on any atom is -0.481 e. The predicted molar refractivity (Wildman–Crippen MR) is 43.5 cm³/mol. The topological polar surface area (TPSA) is 94.8 Å². The van der Waals surface area contributed by atoms with Crippen LogP contribution in [0.1, 0.15) is 19.3 Å². The lowest BCUT2D eigenvalue weighted by molar-refractivity contribution is -0.144. The average Bonchev–Trinajstić information content (AvgIpc) is 2.44. The van der Waals surface area contributed by atoms with E-state index < -0.39 is 5.97 Å². The smallest absolute Gasteiger partial charge is 0.308 e. The Balaban J connectivity index is 0.000000720. The molecule has 0 aromatic heterocycles. The van der Waals surface area contributed by atoms with E-state index in [1.54, 1.807) is 0 Å². The molecular weight excluding hydrogens is 158 g/mol. The van der Waals surface area contributed by atoms with Crippen molar-refractivity contribution in [1.29, 1.82) is 0 Å². The average molecular weight is 173 g/mol. The number of carboxylic acid groups (broad SMARTS) is 1. The van der Waals surface area contributed by atoms with Crippen LogP contribution in [-0.2, 0) is 4.79 Å². The Labute approximate surface area is 71.1 Å². The number of hydrogen-bond acceptors (Lipinski definition) is 2. The van der Waals surface area contributed by atoms with Gasteiger partial charge in [-0.1, -0.05) is 0 Å². The minimum absolute atomic E-state index is 0. The van der Waals surface area contributed by atoms with Crippen LogP contribution in [0.5, 0.6) is 0 Å². The number of aliphatic carboxylic acids is 1. The van der Waals surface area contributed by atoms with Gasteiger partial charge < -0.3 is 16.3 Å². The number of carboxylic acids is 1. The van der Waals surface area contributed by atoms with Gasteiger partial charge in [-0.2, -0.15) is 0 Å². The maximum Gasteiger partial charge on any atom is 0.308 e. The van der Waals surface area contributed by atoms with Gasteiger partial charge in [0, 0.05) is 6.04 Å². The third kappa shape index (κ3) is 1.11. The first-order chi connectivity index (χ1) is 5.20. The minimum atomic E-state index is -0.690. The van der Waals surface area contributed by atoms with Crippen molar-refractivity contribution < 1.29 is 15.4 Å². The lowest BCUT2D eigenvalue weighted by Gasteiger charge is -2.23. The van der Waals surface area contributed by atoms with E-state index in [1.807, 2.05) is 0 Å². The van der Waals surface area contributed by atoms with Crippen LogP contribution in [0.3, 0.4) is 0 Å². The van der Waals surface area contributed by atoms with Crippen LogP contribution in [0.25, 0.3) is 0 Å². The van der Waals surface area contributed by atoms with E-state index in [9.17, 15) is 4.79 Å². The molecule has 0 heterocycles. The van der Waals surface area contributed by atoms with Gasteiger partial charge in [0.25, 0.3) is 0 Å². The van der Waals surface area contributed by atoms with Crippen LogP contribution in [0.2, 0.25) is 0 Å². The molecule has 0 aromatic rings. The summed E-state index contributed by atoms with van der Waals surface area (Å²) in [4.78, 5) is 10.7. The molecular formula is C8H15NO3. The second-order valence-electron chi connectivity index (χ2n) is 3.77. The summed E-state index contributed by atoms with van der Waals surface area (Å²) in [6.07, 6.45) is 3.28. The zero-order valence-electron chi connectivity index (χ0n) is 6.86. The quantitative estimate of drug-likeness (QED) is 0.565.